The van der Waals surface area contributed by atoms with Gasteiger partial charge in [-0.2, -0.15) is 0 Å². The molecule has 142 valence electrons. The molecule has 0 spiro atoms. The van der Waals surface area contributed by atoms with Gasteiger partial charge in [0, 0.05) is 30.3 Å². The summed E-state index contributed by atoms with van der Waals surface area (Å²) in [6, 6.07) is 13.5. The van der Waals surface area contributed by atoms with Crippen molar-refractivity contribution in [1.82, 2.24) is 10.2 Å². The zero-order chi connectivity index (χ0) is 19.2. The van der Waals surface area contributed by atoms with Crippen LogP contribution in [0.15, 0.2) is 48.5 Å². The van der Waals surface area contributed by atoms with Crippen LogP contribution in [0.1, 0.15) is 40.5 Å². The van der Waals surface area contributed by atoms with Crippen LogP contribution >= 0.6 is 0 Å². The standard InChI is InChI=1S/C21H24N2O4/c1-2-27-19-8-6-15(7-9-19)20(25)22-17-10-12-23(13-11-17)21(26)16-4-3-5-18(24)14-16/h3-9,14,17,24H,2,10-13H2,1H3,(H,22,25). The molecule has 0 unspecified atom stereocenters. The second kappa shape index (κ2) is 8.58. The second-order valence-electron chi connectivity index (χ2n) is 6.55. The minimum Gasteiger partial charge on any atom is -0.508 e. The Morgan fingerprint density at radius 2 is 1.81 bits per heavy atom. The quantitative estimate of drug-likeness (QED) is 0.851. The van der Waals surface area contributed by atoms with Crippen molar-refractivity contribution in [2.45, 2.75) is 25.8 Å². The molecular formula is C21H24N2O4. The molecule has 0 aliphatic carbocycles. The van der Waals surface area contributed by atoms with E-state index in [1.54, 1.807) is 47.4 Å². The zero-order valence-corrected chi connectivity index (χ0v) is 15.4. The van der Waals surface area contributed by atoms with Gasteiger partial charge < -0.3 is 20.1 Å². The molecule has 3 rings (SSSR count). The molecule has 1 fully saturated rings. The van der Waals surface area contributed by atoms with E-state index in [0.717, 1.165) is 5.75 Å². The zero-order valence-electron chi connectivity index (χ0n) is 15.4. The van der Waals surface area contributed by atoms with E-state index in [9.17, 15) is 14.7 Å². The summed E-state index contributed by atoms with van der Waals surface area (Å²) in [5.41, 5.74) is 1.07. The van der Waals surface area contributed by atoms with Gasteiger partial charge in [-0.15, -0.1) is 0 Å². The van der Waals surface area contributed by atoms with Crippen molar-refractivity contribution in [3.63, 3.8) is 0 Å². The number of hydrogen-bond acceptors (Lipinski definition) is 4. The largest absolute Gasteiger partial charge is 0.508 e. The molecule has 2 N–H and O–H groups in total. The molecule has 2 aromatic carbocycles. The summed E-state index contributed by atoms with van der Waals surface area (Å²) in [5, 5.41) is 12.6. The summed E-state index contributed by atoms with van der Waals surface area (Å²) in [7, 11) is 0. The number of rotatable bonds is 5. The van der Waals surface area contributed by atoms with Gasteiger partial charge in [-0.1, -0.05) is 6.07 Å². The normalized spacial score (nSPS) is 14.6. The first-order valence-electron chi connectivity index (χ1n) is 9.19. The fraction of sp³-hybridized carbons (Fsp3) is 0.333. The van der Waals surface area contributed by atoms with Crippen molar-refractivity contribution >= 4 is 11.8 Å². The van der Waals surface area contributed by atoms with E-state index in [1.165, 1.54) is 6.07 Å². The molecular weight excluding hydrogens is 344 g/mol. The summed E-state index contributed by atoms with van der Waals surface area (Å²) in [6.45, 7) is 3.65. The Morgan fingerprint density at radius 1 is 1.11 bits per heavy atom. The number of nitrogens with one attached hydrogen (secondary N) is 1. The lowest BCUT2D eigenvalue weighted by molar-refractivity contribution is 0.0697. The number of aromatic hydroxyl groups is 1. The molecule has 2 aromatic rings. The topological polar surface area (TPSA) is 78.9 Å². The average Bonchev–Trinajstić information content (AvgIpc) is 2.69. The molecule has 6 nitrogen and oxygen atoms in total. The first kappa shape index (κ1) is 18.8. The maximum atomic E-state index is 12.5. The lowest BCUT2D eigenvalue weighted by Gasteiger charge is -2.32. The fourth-order valence-electron chi connectivity index (χ4n) is 3.19. The molecule has 0 bridgehead atoms. The highest BCUT2D eigenvalue weighted by molar-refractivity contribution is 5.95. The van der Waals surface area contributed by atoms with E-state index in [1.807, 2.05) is 6.92 Å². The molecule has 2 amide bonds. The lowest BCUT2D eigenvalue weighted by atomic mass is 10.0. The summed E-state index contributed by atoms with van der Waals surface area (Å²) in [5.74, 6) is 0.615. The van der Waals surface area contributed by atoms with E-state index in [-0.39, 0.29) is 23.6 Å². The predicted molar refractivity (Wildman–Crippen MR) is 102 cm³/mol. The van der Waals surface area contributed by atoms with Crippen molar-refractivity contribution < 1.29 is 19.4 Å². The van der Waals surface area contributed by atoms with Crippen molar-refractivity contribution in [3.8, 4) is 11.5 Å². The molecule has 0 saturated carbocycles. The first-order valence-corrected chi connectivity index (χ1v) is 9.19. The number of carbonyl (C=O) groups is 2. The summed E-state index contributed by atoms with van der Waals surface area (Å²) in [4.78, 5) is 26.7. The van der Waals surface area contributed by atoms with Crippen LogP contribution in [0, 0.1) is 0 Å². The Kier molecular flexibility index (Phi) is 5.96. The Labute approximate surface area is 158 Å². The van der Waals surface area contributed by atoms with Crippen molar-refractivity contribution in [1.29, 1.82) is 0 Å². The Bertz CT molecular complexity index is 796. The van der Waals surface area contributed by atoms with E-state index in [0.29, 0.717) is 43.7 Å². The SMILES string of the molecule is CCOc1ccc(C(=O)NC2CCN(C(=O)c3cccc(O)c3)CC2)cc1. The number of hydrogen-bond donors (Lipinski definition) is 2. The van der Waals surface area contributed by atoms with Crippen molar-refractivity contribution in [3.05, 3.63) is 59.7 Å². The van der Waals surface area contributed by atoms with E-state index in [4.69, 9.17) is 4.74 Å². The third kappa shape index (κ3) is 4.78. The number of amides is 2. The highest BCUT2D eigenvalue weighted by Crippen LogP contribution is 2.18. The number of nitrogens with zero attached hydrogens (tertiary/aromatic N) is 1. The maximum absolute atomic E-state index is 12.5. The van der Waals surface area contributed by atoms with Gasteiger partial charge in [-0.25, -0.2) is 0 Å². The third-order valence-corrected chi connectivity index (χ3v) is 4.64. The minimum absolute atomic E-state index is 0.0392. The molecule has 1 aliphatic rings. The average molecular weight is 368 g/mol. The monoisotopic (exact) mass is 368 g/mol. The van der Waals surface area contributed by atoms with Gasteiger partial charge in [0.25, 0.3) is 11.8 Å². The van der Waals surface area contributed by atoms with Crippen LogP contribution in [0.5, 0.6) is 11.5 Å². The number of carbonyl (C=O) groups excluding carboxylic acids is 2. The Hall–Kier alpha value is -3.02. The van der Waals surface area contributed by atoms with Crippen LogP contribution in [0.25, 0.3) is 0 Å². The maximum Gasteiger partial charge on any atom is 0.253 e. The number of ether oxygens (including phenoxy) is 1. The third-order valence-electron chi connectivity index (χ3n) is 4.64. The van der Waals surface area contributed by atoms with Gasteiger partial charge in [0.2, 0.25) is 0 Å². The van der Waals surface area contributed by atoms with Crippen molar-refractivity contribution in [2.75, 3.05) is 19.7 Å². The first-order chi connectivity index (χ1) is 13.1. The molecule has 1 aliphatic heterocycles. The number of phenolic OH excluding ortho intramolecular Hbond substituents is 1. The van der Waals surface area contributed by atoms with E-state index in [2.05, 4.69) is 5.32 Å². The second-order valence-corrected chi connectivity index (χ2v) is 6.55. The molecule has 0 aromatic heterocycles. The summed E-state index contributed by atoms with van der Waals surface area (Å²) in [6.07, 6.45) is 1.40. The highest BCUT2D eigenvalue weighted by Gasteiger charge is 2.25. The van der Waals surface area contributed by atoms with E-state index < -0.39 is 0 Å². The summed E-state index contributed by atoms with van der Waals surface area (Å²) >= 11 is 0. The van der Waals surface area contributed by atoms with Crippen LogP contribution in [0.4, 0.5) is 0 Å². The molecule has 6 heteroatoms. The van der Waals surface area contributed by atoms with Crippen LogP contribution in [0.2, 0.25) is 0 Å². The van der Waals surface area contributed by atoms with Crippen LogP contribution in [-0.2, 0) is 0 Å². The molecule has 27 heavy (non-hydrogen) atoms. The van der Waals surface area contributed by atoms with Crippen molar-refractivity contribution in [2.24, 2.45) is 0 Å². The van der Waals surface area contributed by atoms with E-state index >= 15 is 0 Å². The predicted octanol–water partition coefficient (Wildman–Crippen LogP) is 2.83. The van der Waals surface area contributed by atoms with Gasteiger partial charge in [-0.05, 0) is 62.2 Å². The Morgan fingerprint density at radius 3 is 2.44 bits per heavy atom. The molecule has 0 atom stereocenters. The van der Waals surface area contributed by atoms with Gasteiger partial charge in [0.1, 0.15) is 11.5 Å². The molecule has 1 saturated heterocycles. The minimum atomic E-state index is -0.115. The van der Waals surface area contributed by atoms with Gasteiger partial charge >= 0.3 is 0 Å². The number of piperidine rings is 1. The van der Waals surface area contributed by atoms with Crippen LogP contribution in [-0.4, -0.2) is 47.6 Å². The van der Waals surface area contributed by atoms with Gasteiger partial charge in [0.05, 0.1) is 6.61 Å². The lowest BCUT2D eigenvalue weighted by Crippen LogP contribution is -2.46. The molecule has 0 radical (unpaired) electrons. The number of phenols is 1. The summed E-state index contributed by atoms with van der Waals surface area (Å²) < 4.78 is 5.38. The molecule has 1 heterocycles. The van der Waals surface area contributed by atoms with Crippen LogP contribution < -0.4 is 10.1 Å². The van der Waals surface area contributed by atoms with Crippen LogP contribution in [0.3, 0.4) is 0 Å². The smallest absolute Gasteiger partial charge is 0.253 e. The number of likely N-dealkylation sites (tertiary alicyclic amines) is 1. The fourth-order valence-corrected chi connectivity index (χ4v) is 3.19. The Balaban J connectivity index is 1.51. The number of benzene rings is 2. The van der Waals surface area contributed by atoms with Gasteiger partial charge in [0.15, 0.2) is 0 Å². The van der Waals surface area contributed by atoms with Gasteiger partial charge in [-0.3, -0.25) is 9.59 Å². The highest BCUT2D eigenvalue weighted by atomic mass is 16.5.